The van der Waals surface area contributed by atoms with E-state index < -0.39 is 11.8 Å². The molecule has 3 aromatic carbocycles. The van der Waals surface area contributed by atoms with Crippen molar-refractivity contribution >= 4 is 40.7 Å². The first-order chi connectivity index (χ1) is 15.4. The number of piperazine rings is 1. The van der Waals surface area contributed by atoms with Gasteiger partial charge >= 0.3 is 11.8 Å². The SMILES string of the molecule is Cc1c(Cl)cccc1NC(=O)c1ccc(CN2CCN(c3ccccc3)C(=O)C2=O)cc1. The van der Waals surface area contributed by atoms with Crippen molar-refractivity contribution in [2.75, 3.05) is 23.3 Å². The van der Waals surface area contributed by atoms with Gasteiger partial charge in [0.2, 0.25) is 0 Å². The summed E-state index contributed by atoms with van der Waals surface area (Å²) in [5, 5.41) is 3.45. The Bertz CT molecular complexity index is 1160. The van der Waals surface area contributed by atoms with Crippen molar-refractivity contribution in [3.8, 4) is 0 Å². The predicted octanol–water partition coefficient (Wildman–Crippen LogP) is 4.28. The van der Waals surface area contributed by atoms with Crippen molar-refractivity contribution in [1.29, 1.82) is 0 Å². The highest BCUT2D eigenvalue weighted by molar-refractivity contribution is 6.41. The van der Waals surface area contributed by atoms with Crippen LogP contribution in [0.3, 0.4) is 0 Å². The van der Waals surface area contributed by atoms with E-state index in [9.17, 15) is 14.4 Å². The molecule has 0 aliphatic carbocycles. The molecular formula is C25H22ClN3O3. The normalized spacial score (nSPS) is 13.9. The third kappa shape index (κ3) is 4.50. The van der Waals surface area contributed by atoms with Crippen molar-refractivity contribution < 1.29 is 14.4 Å². The number of halogens is 1. The average molecular weight is 448 g/mol. The van der Waals surface area contributed by atoms with Gasteiger partial charge in [-0.3, -0.25) is 14.4 Å². The molecule has 0 unspecified atom stereocenters. The summed E-state index contributed by atoms with van der Waals surface area (Å²) in [4.78, 5) is 40.8. The largest absolute Gasteiger partial charge is 0.328 e. The summed E-state index contributed by atoms with van der Waals surface area (Å²) in [5.41, 5.74) is 3.51. The summed E-state index contributed by atoms with van der Waals surface area (Å²) < 4.78 is 0. The van der Waals surface area contributed by atoms with Gasteiger partial charge in [0.1, 0.15) is 0 Å². The number of para-hydroxylation sites is 1. The molecular weight excluding hydrogens is 426 g/mol. The zero-order valence-corrected chi connectivity index (χ0v) is 18.3. The molecule has 3 amide bonds. The van der Waals surface area contributed by atoms with Gasteiger partial charge in [0.05, 0.1) is 0 Å². The van der Waals surface area contributed by atoms with Crippen molar-refractivity contribution in [2.45, 2.75) is 13.5 Å². The van der Waals surface area contributed by atoms with E-state index in [0.29, 0.717) is 35.9 Å². The number of amides is 3. The van der Waals surface area contributed by atoms with Crippen LogP contribution in [0.5, 0.6) is 0 Å². The van der Waals surface area contributed by atoms with E-state index in [4.69, 9.17) is 11.6 Å². The lowest BCUT2D eigenvalue weighted by Crippen LogP contribution is -2.54. The minimum Gasteiger partial charge on any atom is -0.328 e. The lowest BCUT2D eigenvalue weighted by atomic mass is 10.1. The summed E-state index contributed by atoms with van der Waals surface area (Å²) in [7, 11) is 0. The zero-order chi connectivity index (χ0) is 22.7. The fraction of sp³-hybridized carbons (Fsp3) is 0.160. The van der Waals surface area contributed by atoms with Crippen molar-refractivity contribution in [3.63, 3.8) is 0 Å². The van der Waals surface area contributed by atoms with Gasteiger partial charge in [0.25, 0.3) is 5.91 Å². The molecule has 1 aliphatic rings. The Labute approximate surface area is 191 Å². The lowest BCUT2D eigenvalue weighted by molar-refractivity contribution is -0.146. The van der Waals surface area contributed by atoms with E-state index in [1.807, 2.05) is 37.3 Å². The molecule has 0 saturated carbocycles. The summed E-state index contributed by atoms with van der Waals surface area (Å²) >= 11 is 6.11. The van der Waals surface area contributed by atoms with Gasteiger partial charge < -0.3 is 15.1 Å². The molecule has 3 aromatic rings. The maximum atomic E-state index is 12.6. The Morgan fingerprint density at radius 1 is 0.906 bits per heavy atom. The maximum absolute atomic E-state index is 12.6. The molecule has 1 saturated heterocycles. The second-order valence-corrected chi connectivity index (χ2v) is 7.99. The van der Waals surface area contributed by atoms with Crippen LogP contribution in [0.4, 0.5) is 11.4 Å². The first-order valence-corrected chi connectivity index (χ1v) is 10.6. The highest BCUT2D eigenvalue weighted by Gasteiger charge is 2.33. The van der Waals surface area contributed by atoms with Crippen LogP contribution in [0.2, 0.25) is 5.02 Å². The number of nitrogens with one attached hydrogen (secondary N) is 1. The molecule has 32 heavy (non-hydrogen) atoms. The topological polar surface area (TPSA) is 69.7 Å². The number of rotatable bonds is 5. The van der Waals surface area contributed by atoms with E-state index in [1.54, 1.807) is 42.5 Å². The van der Waals surface area contributed by atoms with Gasteiger partial charge in [0.15, 0.2) is 0 Å². The highest BCUT2D eigenvalue weighted by Crippen LogP contribution is 2.24. The standard InChI is InChI=1S/C25H22ClN3O3/c1-17-21(26)8-5-9-22(17)27-23(30)19-12-10-18(11-13-19)16-28-14-15-29(25(32)24(28)31)20-6-3-2-4-7-20/h2-13H,14-16H2,1H3,(H,27,30). The van der Waals surface area contributed by atoms with E-state index in [-0.39, 0.29) is 5.91 Å². The Kier molecular flexibility index (Phi) is 6.23. The summed E-state index contributed by atoms with van der Waals surface area (Å²) in [6.07, 6.45) is 0. The molecule has 1 aliphatic heterocycles. The minimum atomic E-state index is -0.532. The van der Waals surface area contributed by atoms with E-state index in [0.717, 1.165) is 16.8 Å². The van der Waals surface area contributed by atoms with Crippen LogP contribution in [0.15, 0.2) is 72.8 Å². The summed E-state index contributed by atoms with van der Waals surface area (Å²) in [6, 6.07) is 21.5. The van der Waals surface area contributed by atoms with Gasteiger partial charge in [-0.15, -0.1) is 0 Å². The Hall–Kier alpha value is -3.64. The van der Waals surface area contributed by atoms with E-state index in [2.05, 4.69) is 5.32 Å². The molecule has 4 rings (SSSR count). The Morgan fingerprint density at radius 2 is 1.62 bits per heavy atom. The predicted molar refractivity (Wildman–Crippen MR) is 125 cm³/mol. The second kappa shape index (κ2) is 9.24. The molecule has 7 heteroatoms. The summed E-state index contributed by atoms with van der Waals surface area (Å²) in [6.45, 7) is 3.03. The molecule has 0 radical (unpaired) electrons. The lowest BCUT2D eigenvalue weighted by Gasteiger charge is -2.33. The van der Waals surface area contributed by atoms with Crippen LogP contribution in [0.1, 0.15) is 21.5 Å². The molecule has 0 spiro atoms. The highest BCUT2D eigenvalue weighted by atomic mass is 35.5. The second-order valence-electron chi connectivity index (χ2n) is 7.58. The minimum absolute atomic E-state index is 0.246. The number of hydrogen-bond acceptors (Lipinski definition) is 3. The first kappa shape index (κ1) is 21.6. The molecule has 162 valence electrons. The van der Waals surface area contributed by atoms with Crippen LogP contribution in [0, 0.1) is 6.92 Å². The van der Waals surface area contributed by atoms with Crippen LogP contribution < -0.4 is 10.2 Å². The van der Waals surface area contributed by atoms with Crippen molar-refractivity contribution in [3.05, 3.63) is 94.5 Å². The number of carbonyl (C=O) groups excluding carboxylic acids is 3. The third-order valence-corrected chi connectivity index (χ3v) is 5.89. The molecule has 0 atom stereocenters. The quantitative estimate of drug-likeness (QED) is 0.593. The third-order valence-electron chi connectivity index (χ3n) is 5.48. The average Bonchev–Trinajstić information content (AvgIpc) is 2.81. The number of anilines is 2. The molecule has 1 N–H and O–H groups in total. The van der Waals surface area contributed by atoms with Gasteiger partial charge in [-0.2, -0.15) is 0 Å². The van der Waals surface area contributed by atoms with Crippen LogP contribution in [-0.2, 0) is 16.1 Å². The van der Waals surface area contributed by atoms with Gasteiger partial charge in [-0.1, -0.05) is 48.0 Å². The van der Waals surface area contributed by atoms with E-state index >= 15 is 0 Å². The number of carbonyl (C=O) groups is 3. The number of hydrogen-bond donors (Lipinski definition) is 1. The van der Waals surface area contributed by atoms with Crippen molar-refractivity contribution in [1.82, 2.24) is 4.90 Å². The van der Waals surface area contributed by atoms with E-state index in [1.165, 1.54) is 9.80 Å². The number of benzene rings is 3. The smallest absolute Gasteiger partial charge is 0.316 e. The Balaban J connectivity index is 1.39. The van der Waals surface area contributed by atoms with Crippen LogP contribution in [-0.4, -0.2) is 35.7 Å². The first-order valence-electron chi connectivity index (χ1n) is 10.3. The molecule has 1 fully saturated rings. The zero-order valence-electron chi connectivity index (χ0n) is 17.5. The van der Waals surface area contributed by atoms with Gasteiger partial charge in [-0.25, -0.2) is 0 Å². The van der Waals surface area contributed by atoms with Crippen molar-refractivity contribution in [2.24, 2.45) is 0 Å². The Morgan fingerprint density at radius 3 is 2.34 bits per heavy atom. The molecule has 0 aromatic heterocycles. The van der Waals surface area contributed by atoms with Crippen LogP contribution >= 0.6 is 11.6 Å². The van der Waals surface area contributed by atoms with Gasteiger partial charge in [0, 0.05) is 41.6 Å². The summed E-state index contributed by atoms with van der Waals surface area (Å²) in [5.74, 6) is -1.31. The molecule has 0 bridgehead atoms. The fourth-order valence-corrected chi connectivity index (χ4v) is 3.77. The maximum Gasteiger partial charge on any atom is 0.316 e. The fourth-order valence-electron chi connectivity index (χ4n) is 3.60. The number of nitrogens with zero attached hydrogens (tertiary/aromatic N) is 2. The molecule has 1 heterocycles. The molecule has 6 nitrogen and oxygen atoms in total. The monoisotopic (exact) mass is 447 g/mol. The van der Waals surface area contributed by atoms with Crippen LogP contribution in [0.25, 0.3) is 0 Å². The van der Waals surface area contributed by atoms with Gasteiger partial charge in [-0.05, 0) is 54.4 Å².